The van der Waals surface area contributed by atoms with E-state index in [0.717, 1.165) is 0 Å². The molecule has 11 heteroatoms. The summed E-state index contributed by atoms with van der Waals surface area (Å²) in [6.45, 7) is 0. The number of rotatable bonds is 0. The van der Waals surface area contributed by atoms with Crippen LogP contribution in [0, 0.1) is 0 Å². The molecule has 78 valence electrons. The van der Waals surface area contributed by atoms with Gasteiger partial charge in [-0.15, -0.1) is 0 Å². The summed E-state index contributed by atoms with van der Waals surface area (Å²) < 4.78 is 0. The van der Waals surface area contributed by atoms with Crippen LogP contribution in [0.5, 0.6) is 0 Å². The van der Waals surface area contributed by atoms with Crippen LogP contribution in [0.1, 0.15) is 0 Å². The summed E-state index contributed by atoms with van der Waals surface area (Å²) >= 11 is 0. The fraction of sp³-hybridized carbons (Fsp3) is 0. The molecule has 0 aliphatic carbocycles. The SMILES string of the molecule is O=C(O)C(=O)O.O=C(O)C(=O)O.[CaH2].[KH].[MgH2]. The van der Waals surface area contributed by atoms with Gasteiger partial charge in [0.15, 0.2) is 0 Å². The van der Waals surface area contributed by atoms with Crippen LogP contribution in [-0.4, -0.2) is 156 Å². The number of carboxylic acid groups (broad SMARTS) is 4. The Morgan fingerprint density at radius 2 is 0.667 bits per heavy atom. The standard InChI is InChI=1S/2C2H2O4.Ca.K.Mg.5H/c2*3-1(4)2(5)6;;;;;;;;/h2*(H,3,4)(H,5,6);;;;;;;;. The second-order valence-corrected chi connectivity index (χ2v) is 1.22. The molecule has 0 fully saturated rings. The van der Waals surface area contributed by atoms with Crippen LogP contribution in [0.2, 0.25) is 0 Å². The fourth-order valence-corrected chi connectivity index (χ4v) is 0. The third-order valence-corrected chi connectivity index (χ3v) is 0.366. The maximum atomic E-state index is 9.10. The first kappa shape index (κ1) is 30.0. The van der Waals surface area contributed by atoms with E-state index in [9.17, 15) is 0 Å². The van der Waals surface area contributed by atoms with E-state index < -0.39 is 23.9 Å². The summed E-state index contributed by atoms with van der Waals surface area (Å²) in [4.78, 5) is 36.4. The van der Waals surface area contributed by atoms with Gasteiger partial charge in [0.2, 0.25) is 0 Å². The molecule has 0 atom stereocenters. The molecule has 0 amide bonds. The van der Waals surface area contributed by atoms with E-state index in [0.29, 0.717) is 0 Å². The van der Waals surface area contributed by atoms with E-state index >= 15 is 0 Å². The molecule has 0 unspecified atom stereocenters. The van der Waals surface area contributed by atoms with Gasteiger partial charge in [-0.3, -0.25) is 0 Å². The van der Waals surface area contributed by atoms with Gasteiger partial charge in [-0.05, 0) is 0 Å². The van der Waals surface area contributed by atoms with Crippen molar-refractivity contribution in [2.45, 2.75) is 0 Å². The predicted molar refractivity (Wildman–Crippen MR) is 54.8 cm³/mol. The van der Waals surface area contributed by atoms with Crippen LogP contribution in [0.3, 0.4) is 0 Å². The van der Waals surface area contributed by atoms with Crippen molar-refractivity contribution in [3.8, 4) is 0 Å². The van der Waals surface area contributed by atoms with Crippen LogP contribution in [0.15, 0.2) is 0 Å². The Balaban J connectivity index is -0.0000000370. The number of carboxylic acids is 4. The van der Waals surface area contributed by atoms with Crippen molar-refractivity contribution in [1.82, 2.24) is 0 Å². The number of aliphatic carboxylic acids is 4. The summed E-state index contributed by atoms with van der Waals surface area (Å²) in [5, 5.41) is 29.6. The smallest absolute Gasteiger partial charge is 0.316 e. The monoisotopic (exact) mass is 288 g/mol. The molecule has 15 heavy (non-hydrogen) atoms. The molecule has 0 rings (SSSR count). The molecule has 0 aromatic heterocycles. The quantitative estimate of drug-likeness (QED) is 0.259. The zero-order valence-electron chi connectivity index (χ0n) is 5.42. The van der Waals surface area contributed by atoms with Gasteiger partial charge < -0.3 is 20.4 Å². The number of hydrogen-bond acceptors (Lipinski definition) is 4. The minimum absolute atomic E-state index is 0. The van der Waals surface area contributed by atoms with Crippen LogP contribution in [-0.2, 0) is 19.2 Å². The molecule has 0 saturated carbocycles. The minimum Gasteiger partial charge on any atom is 0.316 e. The molecule has 0 aromatic carbocycles. The van der Waals surface area contributed by atoms with Crippen LogP contribution in [0.25, 0.3) is 0 Å². The molecular weight excluding hydrogens is 280 g/mol. The Hall–Kier alpha value is 1.54. The van der Waals surface area contributed by atoms with Gasteiger partial charge in [0.25, 0.3) is 0 Å². The molecule has 8 nitrogen and oxygen atoms in total. The molecule has 0 spiro atoms. The van der Waals surface area contributed by atoms with Crippen molar-refractivity contribution in [3.63, 3.8) is 0 Å². The summed E-state index contributed by atoms with van der Waals surface area (Å²) in [5.41, 5.74) is 0. The van der Waals surface area contributed by atoms with E-state index in [-0.39, 0.29) is 112 Å². The first-order chi connectivity index (χ1) is 5.29. The van der Waals surface area contributed by atoms with Gasteiger partial charge in [-0.1, -0.05) is 0 Å². The van der Waals surface area contributed by atoms with Gasteiger partial charge >= 0.3 is 136 Å². The Morgan fingerprint density at radius 3 is 0.667 bits per heavy atom. The van der Waals surface area contributed by atoms with Crippen LogP contribution >= 0.6 is 0 Å². The van der Waals surface area contributed by atoms with Crippen molar-refractivity contribution < 1.29 is 39.6 Å². The van der Waals surface area contributed by atoms with Crippen LogP contribution in [0.4, 0.5) is 0 Å². The zero-order valence-corrected chi connectivity index (χ0v) is 5.42. The topological polar surface area (TPSA) is 149 Å². The molecular formula is C4H9CaKMgO8. The molecule has 0 aromatic rings. The third-order valence-electron chi connectivity index (χ3n) is 0.366. The average molecular weight is 289 g/mol. The van der Waals surface area contributed by atoms with E-state index in [1.807, 2.05) is 0 Å². The molecule has 0 aliphatic heterocycles. The average Bonchev–Trinajstić information content (AvgIpc) is 1.88. The molecule has 0 bridgehead atoms. The maximum absolute atomic E-state index is 9.10. The van der Waals surface area contributed by atoms with Gasteiger partial charge in [0, 0.05) is 0 Å². The van der Waals surface area contributed by atoms with Crippen molar-refractivity contribution >= 4 is 136 Å². The van der Waals surface area contributed by atoms with Crippen LogP contribution < -0.4 is 0 Å². The molecule has 0 heterocycles. The van der Waals surface area contributed by atoms with Crippen molar-refractivity contribution in [2.24, 2.45) is 0 Å². The Bertz CT molecular complexity index is 183. The third kappa shape index (κ3) is 31.3. The van der Waals surface area contributed by atoms with Crippen molar-refractivity contribution in [1.29, 1.82) is 0 Å². The normalized spacial score (nSPS) is 5.87. The number of hydrogen-bond donors (Lipinski definition) is 4. The van der Waals surface area contributed by atoms with E-state index in [1.54, 1.807) is 0 Å². The van der Waals surface area contributed by atoms with E-state index in [2.05, 4.69) is 0 Å². The summed E-state index contributed by atoms with van der Waals surface area (Å²) in [7, 11) is 0. The second kappa shape index (κ2) is 17.9. The van der Waals surface area contributed by atoms with E-state index in [1.165, 1.54) is 0 Å². The Morgan fingerprint density at radius 1 is 0.600 bits per heavy atom. The second-order valence-electron chi connectivity index (χ2n) is 1.22. The van der Waals surface area contributed by atoms with Crippen molar-refractivity contribution in [3.05, 3.63) is 0 Å². The summed E-state index contributed by atoms with van der Waals surface area (Å²) in [6, 6.07) is 0. The minimum atomic E-state index is -1.82. The number of carbonyl (C=O) groups is 4. The zero-order chi connectivity index (χ0) is 10.3. The van der Waals surface area contributed by atoms with Gasteiger partial charge in [-0.25, -0.2) is 19.2 Å². The Labute approximate surface area is 172 Å². The Kier molecular flexibility index (Phi) is 35.8. The largest absolute Gasteiger partial charge is 0.316 e. The van der Waals surface area contributed by atoms with Gasteiger partial charge in [-0.2, -0.15) is 0 Å². The summed E-state index contributed by atoms with van der Waals surface area (Å²) in [6.07, 6.45) is 0. The summed E-state index contributed by atoms with van der Waals surface area (Å²) in [5.74, 6) is -7.30. The first-order valence-corrected chi connectivity index (χ1v) is 2.21. The van der Waals surface area contributed by atoms with Crippen molar-refractivity contribution in [2.75, 3.05) is 0 Å². The maximum Gasteiger partial charge on any atom is 0.316 e. The van der Waals surface area contributed by atoms with Gasteiger partial charge in [0.1, 0.15) is 0 Å². The van der Waals surface area contributed by atoms with E-state index in [4.69, 9.17) is 39.6 Å². The molecule has 0 saturated heterocycles. The molecule has 0 aliphatic rings. The predicted octanol–water partition coefficient (Wildman–Crippen LogP) is -4.17. The fourth-order valence-electron chi connectivity index (χ4n) is 0. The molecule has 4 N–H and O–H groups in total. The van der Waals surface area contributed by atoms with Gasteiger partial charge in [0.05, 0.1) is 0 Å². The molecule has 0 radical (unpaired) electrons. The first-order valence-electron chi connectivity index (χ1n) is 2.21.